The lowest BCUT2D eigenvalue weighted by Crippen LogP contribution is -2.09. The number of hydrogen-bond acceptors (Lipinski definition) is 4. The van der Waals surface area contributed by atoms with E-state index in [-0.39, 0.29) is 17.2 Å². The minimum Gasteiger partial charge on any atom is -0.508 e. The second-order valence-corrected chi connectivity index (χ2v) is 3.92. The second-order valence-electron chi connectivity index (χ2n) is 3.92. The van der Waals surface area contributed by atoms with E-state index in [1.165, 1.54) is 6.07 Å². The molecule has 1 aromatic rings. The highest BCUT2D eigenvalue weighted by molar-refractivity contribution is 5.91. The fourth-order valence-electron chi connectivity index (χ4n) is 2.01. The van der Waals surface area contributed by atoms with Crippen molar-refractivity contribution in [3.8, 4) is 11.5 Å². The van der Waals surface area contributed by atoms with E-state index in [2.05, 4.69) is 5.32 Å². The third-order valence-electron chi connectivity index (χ3n) is 2.88. The van der Waals surface area contributed by atoms with Gasteiger partial charge in [0.05, 0.1) is 0 Å². The third kappa shape index (κ3) is 1.81. The predicted octanol–water partition coefficient (Wildman–Crippen LogP) is 0.873. The highest BCUT2D eigenvalue weighted by Gasteiger charge is 2.23. The smallest absolute Gasteiger partial charge is 0.339 e. The zero-order valence-corrected chi connectivity index (χ0v) is 8.60. The maximum absolute atomic E-state index is 10.8. The van der Waals surface area contributed by atoms with E-state index < -0.39 is 11.7 Å². The Bertz CT molecular complexity index is 424. The molecule has 0 bridgehead atoms. The average Bonchev–Trinajstić information content (AvgIpc) is 2.70. The molecule has 86 valence electrons. The molecule has 1 aliphatic heterocycles. The van der Waals surface area contributed by atoms with Crippen molar-refractivity contribution >= 4 is 5.97 Å². The van der Waals surface area contributed by atoms with Crippen molar-refractivity contribution in [1.82, 2.24) is 5.32 Å². The van der Waals surface area contributed by atoms with Gasteiger partial charge >= 0.3 is 5.97 Å². The van der Waals surface area contributed by atoms with Gasteiger partial charge in [0.25, 0.3) is 0 Å². The summed E-state index contributed by atoms with van der Waals surface area (Å²) < 4.78 is 0. The van der Waals surface area contributed by atoms with E-state index in [1.54, 1.807) is 0 Å². The molecule has 1 aromatic carbocycles. The number of phenols is 2. The Kier molecular flexibility index (Phi) is 2.70. The summed E-state index contributed by atoms with van der Waals surface area (Å²) in [5.41, 5.74) is 0.417. The van der Waals surface area contributed by atoms with E-state index in [1.807, 2.05) is 0 Å². The van der Waals surface area contributed by atoms with Gasteiger partial charge in [-0.15, -0.1) is 0 Å². The monoisotopic (exact) mass is 223 g/mol. The fourth-order valence-corrected chi connectivity index (χ4v) is 2.01. The van der Waals surface area contributed by atoms with E-state index in [9.17, 15) is 15.0 Å². The van der Waals surface area contributed by atoms with Crippen LogP contribution in [0.2, 0.25) is 0 Å². The lowest BCUT2D eigenvalue weighted by molar-refractivity contribution is 0.0693. The Morgan fingerprint density at radius 3 is 2.62 bits per heavy atom. The predicted molar refractivity (Wildman–Crippen MR) is 57.0 cm³/mol. The SMILES string of the molecule is O=C(O)c1cc(C2CCNC2)c(O)cc1O. The first-order valence-corrected chi connectivity index (χ1v) is 5.09. The van der Waals surface area contributed by atoms with Crippen molar-refractivity contribution in [3.05, 3.63) is 23.3 Å². The van der Waals surface area contributed by atoms with Crippen LogP contribution >= 0.6 is 0 Å². The van der Waals surface area contributed by atoms with Crippen molar-refractivity contribution in [3.63, 3.8) is 0 Å². The van der Waals surface area contributed by atoms with Crippen molar-refractivity contribution in [2.45, 2.75) is 12.3 Å². The topological polar surface area (TPSA) is 89.8 Å². The summed E-state index contributed by atoms with van der Waals surface area (Å²) in [6, 6.07) is 2.45. The van der Waals surface area contributed by atoms with Gasteiger partial charge in [-0.25, -0.2) is 4.79 Å². The Morgan fingerprint density at radius 2 is 2.06 bits per heavy atom. The Labute approximate surface area is 92.3 Å². The maximum atomic E-state index is 10.8. The number of carboxylic acid groups (broad SMARTS) is 1. The zero-order valence-electron chi connectivity index (χ0n) is 8.60. The van der Waals surface area contributed by atoms with Gasteiger partial charge in [0.15, 0.2) is 0 Å². The molecule has 0 radical (unpaired) electrons. The number of aromatic carboxylic acids is 1. The highest BCUT2D eigenvalue weighted by Crippen LogP contribution is 2.34. The molecule has 2 rings (SSSR count). The van der Waals surface area contributed by atoms with Crippen LogP contribution in [0.5, 0.6) is 11.5 Å². The van der Waals surface area contributed by atoms with Crippen molar-refractivity contribution in [2.75, 3.05) is 13.1 Å². The van der Waals surface area contributed by atoms with Crippen molar-refractivity contribution in [2.24, 2.45) is 0 Å². The molecule has 1 unspecified atom stereocenters. The molecule has 1 fully saturated rings. The molecular weight excluding hydrogens is 210 g/mol. The number of phenolic OH excluding ortho intramolecular Hbond substituents is 1. The summed E-state index contributed by atoms with van der Waals surface area (Å²) in [5.74, 6) is -1.53. The molecule has 0 spiro atoms. The van der Waals surface area contributed by atoms with E-state index >= 15 is 0 Å². The number of hydrogen-bond donors (Lipinski definition) is 4. The molecule has 1 saturated heterocycles. The standard InChI is InChI=1S/C11H13NO4/c13-9-4-10(14)8(11(15)16)3-7(9)6-1-2-12-5-6/h3-4,6,12-14H,1-2,5H2,(H,15,16). The molecule has 4 N–H and O–H groups in total. The van der Waals surface area contributed by atoms with E-state index in [4.69, 9.17) is 5.11 Å². The number of carboxylic acids is 1. The quantitative estimate of drug-likeness (QED) is 0.597. The lowest BCUT2D eigenvalue weighted by atomic mass is 9.95. The molecule has 5 heteroatoms. The van der Waals surface area contributed by atoms with Crippen LogP contribution in [0, 0.1) is 0 Å². The van der Waals surface area contributed by atoms with Crippen LogP contribution in [-0.2, 0) is 0 Å². The van der Waals surface area contributed by atoms with Gasteiger partial charge in [0, 0.05) is 18.5 Å². The minimum absolute atomic E-state index is 0.0452. The van der Waals surface area contributed by atoms with Crippen molar-refractivity contribution in [1.29, 1.82) is 0 Å². The highest BCUT2D eigenvalue weighted by atomic mass is 16.4. The summed E-state index contributed by atoms with van der Waals surface area (Å²) in [5, 5.41) is 31.1. The first-order chi connectivity index (χ1) is 7.59. The van der Waals surface area contributed by atoms with Crippen LogP contribution in [0.4, 0.5) is 0 Å². The molecule has 0 saturated carbocycles. The summed E-state index contributed by atoms with van der Waals surface area (Å²) in [4.78, 5) is 10.8. The second kappa shape index (κ2) is 4.02. The molecule has 1 heterocycles. The summed E-state index contributed by atoms with van der Waals surface area (Å²) in [6.07, 6.45) is 0.859. The first kappa shape index (κ1) is 10.8. The third-order valence-corrected chi connectivity index (χ3v) is 2.88. The molecule has 0 amide bonds. The molecular formula is C11H13NO4. The maximum Gasteiger partial charge on any atom is 0.339 e. The Morgan fingerprint density at radius 1 is 1.31 bits per heavy atom. The molecule has 16 heavy (non-hydrogen) atoms. The molecule has 5 nitrogen and oxygen atoms in total. The van der Waals surface area contributed by atoms with Crippen molar-refractivity contribution < 1.29 is 20.1 Å². The summed E-state index contributed by atoms with van der Waals surface area (Å²) in [6.45, 7) is 1.57. The summed E-state index contributed by atoms with van der Waals surface area (Å²) >= 11 is 0. The van der Waals surface area contributed by atoms with Crippen LogP contribution in [-0.4, -0.2) is 34.4 Å². The molecule has 0 aliphatic carbocycles. The molecule has 1 atom stereocenters. The molecule has 1 aliphatic rings. The van der Waals surface area contributed by atoms with Crippen LogP contribution in [0.25, 0.3) is 0 Å². The first-order valence-electron chi connectivity index (χ1n) is 5.09. The number of aromatic hydroxyl groups is 2. The van der Waals surface area contributed by atoms with Crippen LogP contribution < -0.4 is 5.32 Å². The van der Waals surface area contributed by atoms with E-state index in [0.29, 0.717) is 5.56 Å². The largest absolute Gasteiger partial charge is 0.508 e. The Hall–Kier alpha value is -1.75. The van der Waals surface area contributed by atoms with Gasteiger partial charge in [0.1, 0.15) is 17.1 Å². The van der Waals surface area contributed by atoms with Crippen LogP contribution in [0.1, 0.15) is 28.3 Å². The number of carbonyl (C=O) groups is 1. The van der Waals surface area contributed by atoms with Crippen LogP contribution in [0.15, 0.2) is 12.1 Å². The summed E-state index contributed by atoms with van der Waals surface area (Å²) in [7, 11) is 0. The van der Waals surface area contributed by atoms with Gasteiger partial charge in [0.2, 0.25) is 0 Å². The number of rotatable bonds is 2. The van der Waals surface area contributed by atoms with Gasteiger partial charge in [-0.2, -0.15) is 0 Å². The van der Waals surface area contributed by atoms with Gasteiger partial charge in [-0.05, 0) is 24.6 Å². The normalized spacial score (nSPS) is 19.9. The van der Waals surface area contributed by atoms with Gasteiger partial charge in [-0.3, -0.25) is 0 Å². The fraction of sp³-hybridized carbons (Fsp3) is 0.364. The Balaban J connectivity index is 2.44. The number of nitrogens with one attached hydrogen (secondary N) is 1. The van der Waals surface area contributed by atoms with Gasteiger partial charge < -0.3 is 20.6 Å². The van der Waals surface area contributed by atoms with Gasteiger partial charge in [-0.1, -0.05) is 0 Å². The molecule has 0 aromatic heterocycles. The zero-order chi connectivity index (χ0) is 11.7. The minimum atomic E-state index is -1.19. The van der Waals surface area contributed by atoms with E-state index in [0.717, 1.165) is 25.6 Å². The lowest BCUT2D eigenvalue weighted by Gasteiger charge is -2.12. The number of benzene rings is 1. The average molecular weight is 223 g/mol. The van der Waals surface area contributed by atoms with Crippen LogP contribution in [0.3, 0.4) is 0 Å².